The lowest BCUT2D eigenvalue weighted by molar-refractivity contribution is -0.401. The molecule has 0 saturated carbocycles. The molecule has 0 atom stereocenters. The number of nitro groups is 1. The van der Waals surface area contributed by atoms with E-state index in [0.29, 0.717) is 0 Å². The van der Waals surface area contributed by atoms with Gasteiger partial charge in [-0.05, 0) is 26.8 Å². The van der Waals surface area contributed by atoms with E-state index in [1.807, 2.05) is 0 Å². The number of sulfonamides is 1. The molecule has 0 fully saturated rings. The molecule has 0 spiro atoms. The largest absolute Gasteiger partial charge is 0.433 e. The fraction of sp³-hybridized carbons (Fsp3) is 0.400. The Kier molecular flexibility index (Phi) is 3.34. The van der Waals surface area contributed by atoms with Gasteiger partial charge in [-0.15, -0.1) is 10.2 Å². The summed E-state index contributed by atoms with van der Waals surface area (Å²) >= 11 is 0. The second-order valence-electron chi connectivity index (χ2n) is 5.25. The summed E-state index contributed by atoms with van der Waals surface area (Å²) in [6.45, 7) is 5.14. The van der Waals surface area contributed by atoms with Crippen LogP contribution in [0.25, 0.3) is 11.6 Å². The maximum atomic E-state index is 11.6. The van der Waals surface area contributed by atoms with Crippen molar-refractivity contribution in [3.63, 3.8) is 0 Å². The van der Waals surface area contributed by atoms with Crippen molar-refractivity contribution in [1.29, 1.82) is 0 Å². The second kappa shape index (κ2) is 4.63. The molecule has 0 saturated heterocycles. The molecule has 11 heteroatoms. The van der Waals surface area contributed by atoms with Gasteiger partial charge in [0.2, 0.25) is 5.82 Å². The van der Waals surface area contributed by atoms with Crippen LogP contribution in [0, 0.1) is 10.1 Å². The minimum Gasteiger partial charge on any atom is -0.397 e. The number of nitrogens with zero attached hydrogens (tertiary/aromatic N) is 4. The molecule has 2 aromatic heterocycles. The van der Waals surface area contributed by atoms with Gasteiger partial charge in [0.25, 0.3) is 15.2 Å². The molecule has 0 aliphatic carbocycles. The van der Waals surface area contributed by atoms with E-state index in [-0.39, 0.29) is 11.6 Å². The quantitative estimate of drug-likeness (QED) is 0.652. The van der Waals surface area contributed by atoms with E-state index >= 15 is 0 Å². The maximum Gasteiger partial charge on any atom is 0.433 e. The van der Waals surface area contributed by atoms with Crippen molar-refractivity contribution in [2.45, 2.75) is 31.5 Å². The van der Waals surface area contributed by atoms with Gasteiger partial charge in [-0.3, -0.25) is 14.7 Å². The van der Waals surface area contributed by atoms with Crippen LogP contribution in [0.3, 0.4) is 0 Å². The number of furan rings is 1. The molecule has 0 bridgehead atoms. The van der Waals surface area contributed by atoms with Gasteiger partial charge in [0.05, 0.1) is 6.07 Å². The van der Waals surface area contributed by atoms with Crippen molar-refractivity contribution in [2.24, 2.45) is 5.14 Å². The summed E-state index contributed by atoms with van der Waals surface area (Å²) in [6.07, 6.45) is 0. The zero-order chi connectivity index (χ0) is 16.0. The molecular weight excluding hydrogens is 302 g/mol. The van der Waals surface area contributed by atoms with Crippen molar-refractivity contribution in [2.75, 3.05) is 0 Å². The van der Waals surface area contributed by atoms with Crippen molar-refractivity contribution in [3.05, 3.63) is 22.2 Å². The Bertz CT molecular complexity index is 798. The first kappa shape index (κ1) is 15.1. The number of aromatic nitrogens is 3. The molecule has 0 aliphatic rings. The van der Waals surface area contributed by atoms with Crippen LogP contribution in [0.2, 0.25) is 0 Å². The summed E-state index contributed by atoms with van der Waals surface area (Å²) in [5.41, 5.74) is -0.734. The molecule has 0 amide bonds. The number of rotatable bonds is 3. The molecule has 0 radical (unpaired) electrons. The lowest BCUT2D eigenvalue weighted by Crippen LogP contribution is -2.29. The van der Waals surface area contributed by atoms with Crippen molar-refractivity contribution >= 4 is 15.9 Å². The number of nitrogens with two attached hydrogens (primary N) is 1. The Labute approximate surface area is 119 Å². The average molecular weight is 315 g/mol. The maximum absolute atomic E-state index is 11.6. The third-order valence-corrected chi connectivity index (χ3v) is 3.32. The summed E-state index contributed by atoms with van der Waals surface area (Å²) in [7, 11) is -4.10. The van der Waals surface area contributed by atoms with E-state index in [1.54, 1.807) is 20.8 Å². The molecule has 2 aromatic rings. The Hall–Kier alpha value is -2.27. The predicted octanol–water partition coefficient (Wildman–Crippen LogP) is 0.849. The van der Waals surface area contributed by atoms with Gasteiger partial charge in [0.15, 0.2) is 5.76 Å². The summed E-state index contributed by atoms with van der Waals surface area (Å²) in [4.78, 5) is 9.94. The second-order valence-corrected chi connectivity index (χ2v) is 6.71. The summed E-state index contributed by atoms with van der Waals surface area (Å²) in [6, 6.07) is 2.46. The summed E-state index contributed by atoms with van der Waals surface area (Å²) < 4.78 is 29.4. The molecule has 114 valence electrons. The standard InChI is InChI=1S/C10H13N5O5S/c1-10(2,3)14-8(12-13-9(14)21(11,18)19)6-4-5-7(20-6)15(16)17/h4-5H,1-3H3,(H2,11,18,19). The molecule has 0 unspecified atom stereocenters. The highest BCUT2D eigenvalue weighted by Gasteiger charge is 2.31. The van der Waals surface area contributed by atoms with E-state index in [2.05, 4.69) is 10.2 Å². The molecule has 2 N–H and O–H groups in total. The van der Waals surface area contributed by atoms with Crippen LogP contribution in [-0.2, 0) is 15.6 Å². The predicted molar refractivity (Wildman–Crippen MR) is 70.7 cm³/mol. The SMILES string of the molecule is CC(C)(C)n1c(-c2ccc([N+](=O)[O-])o2)nnc1S(N)(=O)=O. The van der Waals surface area contributed by atoms with Crippen LogP contribution >= 0.6 is 0 Å². The monoisotopic (exact) mass is 315 g/mol. The third kappa shape index (κ3) is 2.78. The van der Waals surface area contributed by atoms with Crippen LogP contribution in [0.1, 0.15) is 20.8 Å². The van der Waals surface area contributed by atoms with Gasteiger partial charge >= 0.3 is 5.88 Å². The van der Waals surface area contributed by atoms with Crippen molar-refractivity contribution in [1.82, 2.24) is 14.8 Å². The molecule has 0 aliphatic heterocycles. The van der Waals surface area contributed by atoms with E-state index in [1.165, 1.54) is 10.6 Å². The molecular formula is C10H13N5O5S. The minimum atomic E-state index is -4.10. The molecule has 2 rings (SSSR count). The summed E-state index contributed by atoms with van der Waals surface area (Å²) in [5, 5.41) is 22.6. The van der Waals surface area contributed by atoms with Crippen LogP contribution in [0.15, 0.2) is 21.7 Å². The Morgan fingerprint density at radius 3 is 2.38 bits per heavy atom. The van der Waals surface area contributed by atoms with E-state index in [4.69, 9.17) is 9.56 Å². The first-order chi connectivity index (χ1) is 9.51. The number of primary sulfonamides is 1. The average Bonchev–Trinajstić information content (AvgIpc) is 2.93. The van der Waals surface area contributed by atoms with Crippen molar-refractivity contribution < 1.29 is 17.8 Å². The molecule has 0 aromatic carbocycles. The van der Waals surface area contributed by atoms with Gasteiger partial charge < -0.3 is 4.42 Å². The van der Waals surface area contributed by atoms with E-state index < -0.39 is 31.5 Å². The van der Waals surface area contributed by atoms with Crippen LogP contribution in [-0.4, -0.2) is 28.1 Å². The van der Waals surface area contributed by atoms with E-state index in [0.717, 1.165) is 6.07 Å². The van der Waals surface area contributed by atoms with E-state index in [9.17, 15) is 18.5 Å². The Balaban J connectivity index is 2.70. The topological polar surface area (TPSA) is 147 Å². The van der Waals surface area contributed by atoms with Gasteiger partial charge in [0, 0.05) is 5.54 Å². The highest BCUT2D eigenvalue weighted by atomic mass is 32.2. The van der Waals surface area contributed by atoms with Crippen LogP contribution in [0.5, 0.6) is 0 Å². The number of hydrogen-bond donors (Lipinski definition) is 1. The van der Waals surface area contributed by atoms with Crippen LogP contribution in [0.4, 0.5) is 5.88 Å². The normalized spacial score (nSPS) is 12.6. The minimum absolute atomic E-state index is 0.0269. The molecule has 21 heavy (non-hydrogen) atoms. The van der Waals surface area contributed by atoms with Gasteiger partial charge in [-0.25, -0.2) is 13.6 Å². The van der Waals surface area contributed by atoms with Gasteiger partial charge in [-0.2, -0.15) is 0 Å². The lowest BCUT2D eigenvalue weighted by atomic mass is 10.1. The van der Waals surface area contributed by atoms with Crippen LogP contribution < -0.4 is 5.14 Å². The zero-order valence-electron chi connectivity index (χ0n) is 11.5. The number of hydrogen-bond acceptors (Lipinski definition) is 7. The molecule has 2 heterocycles. The zero-order valence-corrected chi connectivity index (χ0v) is 12.3. The molecule has 10 nitrogen and oxygen atoms in total. The van der Waals surface area contributed by atoms with Crippen molar-refractivity contribution in [3.8, 4) is 11.6 Å². The highest BCUT2D eigenvalue weighted by molar-refractivity contribution is 7.89. The van der Waals surface area contributed by atoms with Gasteiger partial charge in [0.1, 0.15) is 4.92 Å². The summed E-state index contributed by atoms with van der Waals surface area (Å²) in [5.74, 6) is -0.413. The fourth-order valence-corrected chi connectivity index (χ4v) is 2.53. The smallest absolute Gasteiger partial charge is 0.397 e. The third-order valence-electron chi connectivity index (χ3n) is 2.55. The fourth-order valence-electron chi connectivity index (χ4n) is 1.76. The van der Waals surface area contributed by atoms with Gasteiger partial charge in [-0.1, -0.05) is 0 Å². The first-order valence-corrected chi connectivity index (χ1v) is 7.30. The first-order valence-electron chi connectivity index (χ1n) is 5.75. The Morgan fingerprint density at radius 1 is 1.33 bits per heavy atom. The highest BCUT2D eigenvalue weighted by Crippen LogP contribution is 2.30. The Morgan fingerprint density at radius 2 is 1.95 bits per heavy atom. The lowest BCUT2D eigenvalue weighted by Gasteiger charge is -2.23.